The summed E-state index contributed by atoms with van der Waals surface area (Å²) in [5, 5.41) is 1.17. The first-order chi connectivity index (χ1) is 11.8. The second kappa shape index (κ2) is 5.92. The minimum Gasteiger partial charge on any atom is -0.493 e. The SMILES string of the molecule is c1cc2nc(N3CCN(C4CC4)CC3)ccc2cc1OCC1CC1. The van der Waals surface area contributed by atoms with E-state index in [-0.39, 0.29) is 0 Å². The smallest absolute Gasteiger partial charge is 0.129 e. The van der Waals surface area contributed by atoms with Crippen LogP contribution < -0.4 is 9.64 Å². The molecule has 2 aliphatic carbocycles. The summed E-state index contributed by atoms with van der Waals surface area (Å²) in [7, 11) is 0. The fraction of sp³-hybridized carbons (Fsp3) is 0.550. The Hall–Kier alpha value is -1.81. The fourth-order valence-corrected chi connectivity index (χ4v) is 3.61. The molecule has 4 heteroatoms. The summed E-state index contributed by atoms with van der Waals surface area (Å²) in [5.74, 6) is 2.88. The van der Waals surface area contributed by atoms with Gasteiger partial charge >= 0.3 is 0 Å². The molecule has 2 heterocycles. The van der Waals surface area contributed by atoms with Crippen molar-refractivity contribution in [1.82, 2.24) is 9.88 Å². The number of anilines is 1. The van der Waals surface area contributed by atoms with Gasteiger partial charge in [-0.05, 0) is 61.9 Å². The van der Waals surface area contributed by atoms with Crippen LogP contribution in [0.3, 0.4) is 0 Å². The summed E-state index contributed by atoms with van der Waals surface area (Å²) < 4.78 is 5.88. The van der Waals surface area contributed by atoms with Crippen LogP contribution >= 0.6 is 0 Å². The van der Waals surface area contributed by atoms with Crippen LogP contribution in [0.2, 0.25) is 0 Å². The van der Waals surface area contributed by atoms with Gasteiger partial charge in [0.25, 0.3) is 0 Å². The lowest BCUT2D eigenvalue weighted by Crippen LogP contribution is -2.47. The van der Waals surface area contributed by atoms with Gasteiger partial charge in [-0.2, -0.15) is 0 Å². The highest BCUT2D eigenvalue weighted by Gasteiger charge is 2.31. The Morgan fingerprint density at radius 3 is 2.54 bits per heavy atom. The van der Waals surface area contributed by atoms with Gasteiger partial charge in [0, 0.05) is 37.6 Å². The van der Waals surface area contributed by atoms with E-state index in [0.717, 1.165) is 48.7 Å². The van der Waals surface area contributed by atoms with Gasteiger partial charge in [0.2, 0.25) is 0 Å². The highest BCUT2D eigenvalue weighted by Crippen LogP contribution is 2.31. The number of hydrogen-bond acceptors (Lipinski definition) is 4. The molecule has 1 aromatic carbocycles. The fourth-order valence-electron chi connectivity index (χ4n) is 3.61. The Labute approximate surface area is 143 Å². The van der Waals surface area contributed by atoms with E-state index >= 15 is 0 Å². The minimum absolute atomic E-state index is 0.788. The third-order valence-corrected chi connectivity index (χ3v) is 5.53. The molecule has 0 amide bonds. The van der Waals surface area contributed by atoms with Gasteiger partial charge in [0.15, 0.2) is 0 Å². The van der Waals surface area contributed by atoms with Gasteiger partial charge in [-0.3, -0.25) is 4.90 Å². The maximum atomic E-state index is 5.88. The molecule has 0 bridgehead atoms. The van der Waals surface area contributed by atoms with Gasteiger partial charge in [0.05, 0.1) is 12.1 Å². The molecule has 2 saturated carbocycles. The highest BCUT2D eigenvalue weighted by molar-refractivity contribution is 5.81. The van der Waals surface area contributed by atoms with Crippen molar-refractivity contribution in [3.05, 3.63) is 30.3 Å². The summed E-state index contributed by atoms with van der Waals surface area (Å²) in [6.07, 6.45) is 5.46. The molecule has 2 aromatic rings. The number of rotatable bonds is 5. The lowest BCUT2D eigenvalue weighted by molar-refractivity contribution is 0.247. The van der Waals surface area contributed by atoms with Crippen molar-refractivity contribution >= 4 is 16.7 Å². The molecular weight excluding hydrogens is 298 g/mol. The first-order valence-corrected chi connectivity index (χ1v) is 9.38. The van der Waals surface area contributed by atoms with Crippen molar-refractivity contribution in [1.29, 1.82) is 0 Å². The average Bonchev–Trinajstić information content (AvgIpc) is 3.53. The molecule has 1 saturated heterocycles. The Bertz CT molecular complexity index is 731. The second-order valence-electron chi connectivity index (χ2n) is 7.53. The number of aromatic nitrogens is 1. The van der Waals surface area contributed by atoms with Crippen LogP contribution in [0, 0.1) is 5.92 Å². The van der Waals surface area contributed by atoms with Crippen molar-refractivity contribution < 1.29 is 4.74 Å². The number of ether oxygens (including phenoxy) is 1. The summed E-state index contributed by atoms with van der Waals surface area (Å²) in [6, 6.07) is 11.5. The standard InChI is InChI=1S/C20H25N3O/c1-2-15(1)14-24-18-6-7-19-16(13-18)3-8-20(21-19)23-11-9-22(10-12-23)17-4-5-17/h3,6-8,13,15,17H,1-2,4-5,9-12,14H2. The van der Waals surface area contributed by atoms with Gasteiger partial charge < -0.3 is 9.64 Å². The van der Waals surface area contributed by atoms with Crippen LogP contribution in [0.4, 0.5) is 5.82 Å². The molecule has 5 rings (SSSR count). The van der Waals surface area contributed by atoms with Crippen molar-refractivity contribution in [2.45, 2.75) is 31.7 Å². The quantitative estimate of drug-likeness (QED) is 0.844. The van der Waals surface area contributed by atoms with Crippen LogP contribution in [0.25, 0.3) is 10.9 Å². The van der Waals surface area contributed by atoms with Crippen LogP contribution in [-0.2, 0) is 0 Å². The molecule has 3 fully saturated rings. The van der Waals surface area contributed by atoms with Crippen LogP contribution in [0.5, 0.6) is 5.75 Å². The van der Waals surface area contributed by atoms with E-state index in [1.54, 1.807) is 0 Å². The number of hydrogen-bond donors (Lipinski definition) is 0. The molecule has 0 spiro atoms. The topological polar surface area (TPSA) is 28.6 Å². The van der Waals surface area contributed by atoms with Crippen molar-refractivity contribution in [3.63, 3.8) is 0 Å². The van der Waals surface area contributed by atoms with E-state index in [1.165, 1.54) is 44.2 Å². The highest BCUT2D eigenvalue weighted by atomic mass is 16.5. The predicted octanol–water partition coefficient (Wildman–Crippen LogP) is 3.31. The van der Waals surface area contributed by atoms with Crippen LogP contribution in [0.15, 0.2) is 30.3 Å². The normalized spacial score (nSPS) is 22.1. The number of piperazine rings is 1. The van der Waals surface area contributed by atoms with Crippen molar-refractivity contribution in [2.24, 2.45) is 5.92 Å². The lowest BCUT2D eigenvalue weighted by Gasteiger charge is -2.35. The van der Waals surface area contributed by atoms with Crippen molar-refractivity contribution in [2.75, 3.05) is 37.7 Å². The average molecular weight is 323 g/mol. The summed E-state index contributed by atoms with van der Waals surface area (Å²) in [6.45, 7) is 5.41. The molecule has 1 aliphatic heterocycles. The number of nitrogens with zero attached hydrogens (tertiary/aromatic N) is 3. The number of pyridine rings is 1. The Kier molecular flexibility index (Phi) is 3.58. The molecule has 0 atom stereocenters. The summed E-state index contributed by atoms with van der Waals surface area (Å²) >= 11 is 0. The summed E-state index contributed by atoms with van der Waals surface area (Å²) in [5.41, 5.74) is 1.07. The van der Waals surface area contributed by atoms with E-state index in [1.807, 2.05) is 0 Å². The third-order valence-electron chi connectivity index (χ3n) is 5.53. The molecule has 0 radical (unpaired) electrons. The molecule has 24 heavy (non-hydrogen) atoms. The zero-order valence-electron chi connectivity index (χ0n) is 14.2. The molecule has 1 aromatic heterocycles. The Morgan fingerprint density at radius 2 is 1.79 bits per heavy atom. The molecule has 3 aliphatic rings. The van der Waals surface area contributed by atoms with E-state index in [2.05, 4.69) is 40.1 Å². The first kappa shape index (κ1) is 14.5. The van der Waals surface area contributed by atoms with Crippen LogP contribution in [0.1, 0.15) is 25.7 Å². The van der Waals surface area contributed by atoms with Gasteiger partial charge in [-0.1, -0.05) is 0 Å². The molecule has 4 nitrogen and oxygen atoms in total. The second-order valence-corrected chi connectivity index (χ2v) is 7.53. The maximum absolute atomic E-state index is 5.88. The number of fused-ring (bicyclic) bond motifs is 1. The maximum Gasteiger partial charge on any atom is 0.129 e. The van der Waals surface area contributed by atoms with Gasteiger partial charge in [-0.15, -0.1) is 0 Å². The van der Waals surface area contributed by atoms with E-state index in [9.17, 15) is 0 Å². The van der Waals surface area contributed by atoms with E-state index < -0.39 is 0 Å². The van der Waals surface area contributed by atoms with Gasteiger partial charge in [0.1, 0.15) is 11.6 Å². The monoisotopic (exact) mass is 323 g/mol. The van der Waals surface area contributed by atoms with E-state index in [0.29, 0.717) is 0 Å². The number of benzene rings is 1. The largest absolute Gasteiger partial charge is 0.493 e. The zero-order chi connectivity index (χ0) is 15.9. The van der Waals surface area contributed by atoms with E-state index in [4.69, 9.17) is 9.72 Å². The molecule has 126 valence electrons. The zero-order valence-corrected chi connectivity index (χ0v) is 14.2. The van der Waals surface area contributed by atoms with Crippen LogP contribution in [-0.4, -0.2) is 48.7 Å². The summed E-state index contributed by atoms with van der Waals surface area (Å²) in [4.78, 5) is 9.95. The molecule has 0 unspecified atom stereocenters. The molecular formula is C20H25N3O. The lowest BCUT2D eigenvalue weighted by atomic mass is 10.2. The third kappa shape index (κ3) is 3.07. The predicted molar refractivity (Wildman–Crippen MR) is 96.8 cm³/mol. The Balaban J connectivity index is 1.29. The Morgan fingerprint density at radius 1 is 0.958 bits per heavy atom. The van der Waals surface area contributed by atoms with Crippen molar-refractivity contribution in [3.8, 4) is 5.75 Å². The van der Waals surface area contributed by atoms with Gasteiger partial charge in [-0.25, -0.2) is 4.98 Å². The molecule has 0 N–H and O–H groups in total. The minimum atomic E-state index is 0.788. The first-order valence-electron chi connectivity index (χ1n) is 9.38.